The molecular formula is C28H23N3O5S. The predicted molar refractivity (Wildman–Crippen MR) is 145 cm³/mol. The number of non-ortho nitro benzene ring substituents is 1. The van der Waals surface area contributed by atoms with E-state index >= 15 is 0 Å². The van der Waals surface area contributed by atoms with Gasteiger partial charge in [0.15, 0.2) is 16.5 Å². The fraction of sp³-hybridized carbons (Fsp3) is 0.143. The zero-order valence-corrected chi connectivity index (χ0v) is 20.9. The highest BCUT2D eigenvalue weighted by Gasteiger charge is 2.15. The highest BCUT2D eigenvalue weighted by molar-refractivity contribution is 7.15. The van der Waals surface area contributed by atoms with Gasteiger partial charge in [0.25, 0.3) is 11.2 Å². The third-order valence-corrected chi connectivity index (χ3v) is 6.73. The molecule has 0 fully saturated rings. The van der Waals surface area contributed by atoms with Crippen LogP contribution in [0.2, 0.25) is 0 Å². The second-order valence-corrected chi connectivity index (χ2v) is 9.29. The maximum Gasteiger partial charge on any atom is 0.274 e. The highest BCUT2D eigenvalue weighted by Crippen LogP contribution is 2.35. The van der Waals surface area contributed by atoms with E-state index < -0.39 is 4.92 Å². The van der Waals surface area contributed by atoms with Crippen LogP contribution < -0.4 is 19.6 Å². The third-order valence-electron chi connectivity index (χ3n) is 5.77. The molecule has 0 aliphatic heterocycles. The van der Waals surface area contributed by atoms with Crippen LogP contribution in [0, 0.1) is 10.1 Å². The number of imidazole rings is 1. The van der Waals surface area contributed by atoms with Crippen molar-refractivity contribution in [3.8, 4) is 11.5 Å². The minimum absolute atomic E-state index is 0.00545. The first-order valence-electron chi connectivity index (χ1n) is 11.7. The van der Waals surface area contributed by atoms with Crippen LogP contribution >= 0.6 is 11.3 Å². The summed E-state index contributed by atoms with van der Waals surface area (Å²) in [6.45, 7) is 6.28. The molecule has 0 N–H and O–H groups in total. The lowest BCUT2D eigenvalue weighted by atomic mass is 10.1. The summed E-state index contributed by atoms with van der Waals surface area (Å²) in [6.07, 6.45) is 4.10. The Morgan fingerprint density at radius 2 is 1.97 bits per heavy atom. The minimum Gasteiger partial charge on any atom is -0.490 e. The number of fused-ring (bicyclic) bond motifs is 3. The van der Waals surface area contributed by atoms with Crippen molar-refractivity contribution in [1.29, 1.82) is 0 Å². The zero-order valence-electron chi connectivity index (χ0n) is 20.0. The van der Waals surface area contributed by atoms with Gasteiger partial charge >= 0.3 is 0 Å². The molecule has 0 unspecified atom stereocenters. The summed E-state index contributed by atoms with van der Waals surface area (Å²) in [5.41, 5.74) is 3.74. The molecule has 0 aliphatic rings. The number of rotatable bonds is 9. The molecule has 0 saturated heterocycles. The summed E-state index contributed by atoms with van der Waals surface area (Å²) < 4.78 is 14.2. The van der Waals surface area contributed by atoms with Crippen molar-refractivity contribution < 1.29 is 14.4 Å². The minimum atomic E-state index is -0.433. The fourth-order valence-electron chi connectivity index (χ4n) is 4.18. The molecule has 0 aliphatic carbocycles. The van der Waals surface area contributed by atoms with Gasteiger partial charge in [-0.1, -0.05) is 41.7 Å². The molecule has 5 aromatic rings. The molecule has 0 atom stereocenters. The van der Waals surface area contributed by atoms with Crippen molar-refractivity contribution in [3.63, 3.8) is 0 Å². The molecule has 3 aromatic carbocycles. The summed E-state index contributed by atoms with van der Waals surface area (Å²) in [5, 5.41) is 11.1. The van der Waals surface area contributed by atoms with Gasteiger partial charge in [0.05, 0.1) is 27.1 Å². The topological polar surface area (TPSA) is 96.0 Å². The van der Waals surface area contributed by atoms with Gasteiger partial charge in [0, 0.05) is 17.7 Å². The van der Waals surface area contributed by atoms with Gasteiger partial charge in [-0.25, -0.2) is 9.38 Å². The number of nitrogens with zero attached hydrogens (tertiary/aromatic N) is 3. The Kier molecular flexibility index (Phi) is 6.70. The van der Waals surface area contributed by atoms with Crippen molar-refractivity contribution >= 4 is 39.1 Å². The van der Waals surface area contributed by atoms with E-state index in [9.17, 15) is 14.9 Å². The van der Waals surface area contributed by atoms with E-state index in [0.717, 1.165) is 22.2 Å². The van der Waals surface area contributed by atoms with Crippen LogP contribution in [-0.2, 0) is 13.0 Å². The number of nitro groups is 1. The molecule has 8 nitrogen and oxygen atoms in total. The smallest absolute Gasteiger partial charge is 0.274 e. The molecule has 37 heavy (non-hydrogen) atoms. The van der Waals surface area contributed by atoms with Crippen molar-refractivity contribution in [1.82, 2.24) is 9.38 Å². The lowest BCUT2D eigenvalue weighted by Gasteiger charge is -2.17. The normalized spacial score (nSPS) is 11.8. The van der Waals surface area contributed by atoms with E-state index in [2.05, 4.69) is 11.6 Å². The van der Waals surface area contributed by atoms with Crippen LogP contribution in [0.15, 0.2) is 78.1 Å². The molecule has 2 heterocycles. The van der Waals surface area contributed by atoms with Gasteiger partial charge < -0.3 is 9.47 Å². The Bertz CT molecular complexity index is 1760. The van der Waals surface area contributed by atoms with E-state index in [-0.39, 0.29) is 17.9 Å². The molecule has 0 amide bonds. The van der Waals surface area contributed by atoms with Crippen molar-refractivity contribution in [3.05, 3.63) is 115 Å². The maximum absolute atomic E-state index is 13.2. The molecule has 0 bridgehead atoms. The van der Waals surface area contributed by atoms with Crippen LogP contribution in [0.1, 0.15) is 23.6 Å². The highest BCUT2D eigenvalue weighted by atomic mass is 32.1. The van der Waals surface area contributed by atoms with Gasteiger partial charge in [-0.15, -0.1) is 6.58 Å². The summed E-state index contributed by atoms with van der Waals surface area (Å²) >= 11 is 1.33. The lowest BCUT2D eigenvalue weighted by molar-refractivity contribution is -0.384. The standard InChI is InChI=1S/C28H23N3O5S/c1-3-8-20-13-19(16-25-27(32)30-23-12-6-5-11-22(23)29-28(30)37-25)15-24(35-4-2)26(20)36-17-18-9-7-10-21(14-18)31(33)34/h3,5-7,9-16H,1,4,8,17H2,2H3. The second-order valence-electron chi connectivity index (χ2n) is 8.28. The second kappa shape index (κ2) is 10.2. The van der Waals surface area contributed by atoms with Gasteiger partial charge in [-0.2, -0.15) is 0 Å². The Labute approximate surface area is 215 Å². The van der Waals surface area contributed by atoms with Gasteiger partial charge in [0.1, 0.15) is 6.61 Å². The Morgan fingerprint density at radius 3 is 2.76 bits per heavy atom. The van der Waals surface area contributed by atoms with Crippen molar-refractivity contribution in [2.24, 2.45) is 0 Å². The summed E-state index contributed by atoms with van der Waals surface area (Å²) in [4.78, 5) is 29.1. The number of hydrogen-bond acceptors (Lipinski definition) is 7. The van der Waals surface area contributed by atoms with Crippen LogP contribution in [0.25, 0.3) is 22.1 Å². The summed E-state index contributed by atoms with van der Waals surface area (Å²) in [5.74, 6) is 1.07. The molecule has 5 rings (SSSR count). The van der Waals surface area contributed by atoms with Crippen LogP contribution in [0.5, 0.6) is 11.5 Å². The molecule has 2 aromatic heterocycles. The number of thiazole rings is 1. The third kappa shape index (κ3) is 4.81. The first kappa shape index (κ1) is 24.2. The SMILES string of the molecule is C=CCc1cc(C=c2sc3nc4ccccc4n3c2=O)cc(OCC)c1OCc1cccc([N+](=O)[O-])c1. The van der Waals surface area contributed by atoms with Crippen LogP contribution in [0.3, 0.4) is 0 Å². The molecule has 9 heteroatoms. The number of allylic oxidation sites excluding steroid dienone is 1. The van der Waals surface area contributed by atoms with E-state index in [1.165, 1.54) is 23.5 Å². The number of hydrogen-bond donors (Lipinski definition) is 0. The molecule has 0 saturated carbocycles. The van der Waals surface area contributed by atoms with E-state index in [0.29, 0.717) is 39.6 Å². The Balaban J connectivity index is 1.55. The van der Waals surface area contributed by atoms with Crippen molar-refractivity contribution in [2.75, 3.05) is 6.61 Å². The Hall–Kier alpha value is -4.50. The fourth-order valence-corrected chi connectivity index (χ4v) is 5.17. The van der Waals surface area contributed by atoms with E-state index in [1.807, 2.05) is 49.4 Å². The number of para-hydroxylation sites is 2. The molecule has 0 spiro atoms. The quantitative estimate of drug-likeness (QED) is 0.155. The number of nitro benzene ring substituents is 1. The number of aromatic nitrogens is 2. The molecular weight excluding hydrogens is 490 g/mol. The van der Waals surface area contributed by atoms with Crippen LogP contribution in [-0.4, -0.2) is 20.9 Å². The largest absolute Gasteiger partial charge is 0.490 e. The lowest BCUT2D eigenvalue weighted by Crippen LogP contribution is -2.22. The first-order valence-corrected chi connectivity index (χ1v) is 12.5. The zero-order chi connectivity index (χ0) is 25.9. The summed E-state index contributed by atoms with van der Waals surface area (Å²) in [6, 6.07) is 17.7. The average molecular weight is 514 g/mol. The van der Waals surface area contributed by atoms with E-state index in [1.54, 1.807) is 22.6 Å². The average Bonchev–Trinajstić information content (AvgIpc) is 3.40. The van der Waals surface area contributed by atoms with Gasteiger partial charge in [-0.05, 0) is 54.8 Å². The van der Waals surface area contributed by atoms with Crippen LogP contribution in [0.4, 0.5) is 5.69 Å². The predicted octanol–water partition coefficient (Wildman–Crippen LogP) is 5.07. The molecule has 186 valence electrons. The number of benzene rings is 3. The molecule has 0 radical (unpaired) electrons. The number of ether oxygens (including phenoxy) is 2. The van der Waals surface area contributed by atoms with E-state index in [4.69, 9.17) is 9.47 Å². The Morgan fingerprint density at radius 1 is 1.14 bits per heavy atom. The maximum atomic E-state index is 13.2. The van der Waals surface area contributed by atoms with Gasteiger partial charge in [0.2, 0.25) is 0 Å². The summed E-state index contributed by atoms with van der Waals surface area (Å²) in [7, 11) is 0. The van der Waals surface area contributed by atoms with Crippen molar-refractivity contribution in [2.45, 2.75) is 20.0 Å². The monoisotopic (exact) mass is 513 g/mol. The van der Waals surface area contributed by atoms with Gasteiger partial charge in [-0.3, -0.25) is 14.9 Å². The first-order chi connectivity index (χ1) is 18.0.